The molecule has 4 heterocycles. The second-order valence-corrected chi connectivity index (χ2v) is 7.37. The van der Waals surface area contributed by atoms with E-state index in [-0.39, 0.29) is 6.79 Å². The Balaban J connectivity index is 1.60. The van der Waals surface area contributed by atoms with E-state index < -0.39 is 0 Å². The molecular formula is C20H21ClN4O2. The standard InChI is InChI=1S/C20H21ClN4O2/c21-15-3-5-19-23-20(14-2-4-17-18(10-14)27-13-26-17)16(25(19)11-15)12-24-8-1-6-22-7-9-24/h2-5,10-11,22H,1,6-9,12-13H2. The first-order chi connectivity index (χ1) is 13.3. The highest BCUT2D eigenvalue weighted by Gasteiger charge is 2.21. The largest absolute Gasteiger partial charge is 0.454 e. The van der Waals surface area contributed by atoms with Gasteiger partial charge in [0.2, 0.25) is 6.79 Å². The molecule has 1 fully saturated rings. The van der Waals surface area contributed by atoms with Gasteiger partial charge in [0.1, 0.15) is 5.65 Å². The van der Waals surface area contributed by atoms with Crippen molar-refractivity contribution in [3.05, 3.63) is 47.2 Å². The topological polar surface area (TPSA) is 51.0 Å². The van der Waals surface area contributed by atoms with Crippen LogP contribution in [0.25, 0.3) is 16.9 Å². The minimum atomic E-state index is 0.271. The smallest absolute Gasteiger partial charge is 0.231 e. The van der Waals surface area contributed by atoms with Crippen molar-refractivity contribution in [1.29, 1.82) is 0 Å². The van der Waals surface area contributed by atoms with Crippen molar-refractivity contribution >= 4 is 17.2 Å². The Morgan fingerprint density at radius 3 is 2.96 bits per heavy atom. The Morgan fingerprint density at radius 1 is 1.07 bits per heavy atom. The van der Waals surface area contributed by atoms with Crippen LogP contribution in [0.1, 0.15) is 12.1 Å². The predicted molar refractivity (Wildman–Crippen MR) is 105 cm³/mol. The van der Waals surface area contributed by atoms with Gasteiger partial charge >= 0.3 is 0 Å². The zero-order chi connectivity index (χ0) is 18.2. The molecule has 0 radical (unpaired) electrons. The number of pyridine rings is 1. The van der Waals surface area contributed by atoms with Crippen LogP contribution >= 0.6 is 11.6 Å². The normalized spacial score (nSPS) is 17.4. The number of nitrogens with one attached hydrogen (secondary N) is 1. The number of hydrogen-bond donors (Lipinski definition) is 1. The Kier molecular flexibility index (Phi) is 4.39. The average Bonchev–Trinajstić information content (AvgIpc) is 3.18. The van der Waals surface area contributed by atoms with Crippen molar-refractivity contribution in [2.75, 3.05) is 33.0 Å². The summed E-state index contributed by atoms with van der Waals surface area (Å²) in [6.07, 6.45) is 3.10. The summed E-state index contributed by atoms with van der Waals surface area (Å²) in [5.41, 5.74) is 4.04. The van der Waals surface area contributed by atoms with Crippen molar-refractivity contribution in [3.8, 4) is 22.8 Å². The molecule has 7 heteroatoms. The first kappa shape index (κ1) is 16.9. The molecule has 0 amide bonds. The van der Waals surface area contributed by atoms with Crippen LogP contribution in [0.5, 0.6) is 11.5 Å². The van der Waals surface area contributed by atoms with Crippen molar-refractivity contribution in [2.24, 2.45) is 0 Å². The van der Waals surface area contributed by atoms with Crippen LogP contribution in [-0.4, -0.2) is 47.3 Å². The summed E-state index contributed by atoms with van der Waals surface area (Å²) < 4.78 is 13.1. The van der Waals surface area contributed by atoms with Crippen LogP contribution in [0.3, 0.4) is 0 Å². The summed E-state index contributed by atoms with van der Waals surface area (Å²) in [6, 6.07) is 9.86. The minimum Gasteiger partial charge on any atom is -0.454 e. The first-order valence-electron chi connectivity index (χ1n) is 9.27. The van der Waals surface area contributed by atoms with Gasteiger partial charge in [-0.3, -0.25) is 4.90 Å². The van der Waals surface area contributed by atoms with Gasteiger partial charge in [-0.1, -0.05) is 11.6 Å². The quantitative estimate of drug-likeness (QED) is 0.751. The number of ether oxygens (including phenoxy) is 2. The minimum absolute atomic E-state index is 0.271. The monoisotopic (exact) mass is 384 g/mol. The van der Waals surface area contributed by atoms with Crippen LogP contribution in [0, 0.1) is 0 Å². The number of hydrogen-bond acceptors (Lipinski definition) is 5. The lowest BCUT2D eigenvalue weighted by Gasteiger charge is -2.20. The molecule has 27 heavy (non-hydrogen) atoms. The summed E-state index contributed by atoms with van der Waals surface area (Å²) in [6.45, 7) is 5.28. The molecule has 2 aromatic heterocycles. The zero-order valence-electron chi connectivity index (χ0n) is 14.9. The van der Waals surface area contributed by atoms with Crippen molar-refractivity contribution in [2.45, 2.75) is 13.0 Å². The van der Waals surface area contributed by atoms with E-state index in [0.29, 0.717) is 5.02 Å². The van der Waals surface area contributed by atoms with Gasteiger partial charge in [-0.2, -0.15) is 0 Å². The number of nitrogens with zero attached hydrogens (tertiary/aromatic N) is 3. The molecule has 3 aromatic rings. The van der Waals surface area contributed by atoms with Gasteiger partial charge in [-0.25, -0.2) is 4.98 Å². The van der Waals surface area contributed by atoms with Crippen LogP contribution in [0.15, 0.2) is 36.5 Å². The molecule has 0 saturated carbocycles. The molecule has 5 rings (SSSR count). The van der Waals surface area contributed by atoms with Crippen LogP contribution in [-0.2, 0) is 6.54 Å². The molecule has 0 atom stereocenters. The SMILES string of the molecule is Clc1ccc2nc(-c3ccc4c(c3)OCO4)c(CN3CCCNCC3)n2c1. The Hall–Kier alpha value is -2.28. The van der Waals surface area contributed by atoms with Gasteiger partial charge in [-0.05, 0) is 49.8 Å². The fraction of sp³-hybridized carbons (Fsp3) is 0.350. The molecule has 6 nitrogen and oxygen atoms in total. The number of rotatable bonds is 3. The van der Waals surface area contributed by atoms with Crippen LogP contribution in [0.2, 0.25) is 5.02 Å². The first-order valence-corrected chi connectivity index (χ1v) is 9.65. The van der Waals surface area contributed by atoms with E-state index in [4.69, 9.17) is 26.1 Å². The maximum absolute atomic E-state index is 6.28. The summed E-state index contributed by atoms with van der Waals surface area (Å²) in [4.78, 5) is 7.38. The highest BCUT2D eigenvalue weighted by Crippen LogP contribution is 2.37. The molecule has 140 valence electrons. The Labute approximate surface area is 162 Å². The van der Waals surface area contributed by atoms with E-state index in [1.54, 1.807) is 0 Å². The fourth-order valence-electron chi connectivity index (χ4n) is 3.77. The number of imidazole rings is 1. The van der Waals surface area contributed by atoms with Crippen LogP contribution < -0.4 is 14.8 Å². The highest BCUT2D eigenvalue weighted by atomic mass is 35.5. The van der Waals surface area contributed by atoms with Gasteiger partial charge in [-0.15, -0.1) is 0 Å². The van der Waals surface area contributed by atoms with Crippen LogP contribution in [0.4, 0.5) is 0 Å². The summed E-state index contributed by atoms with van der Waals surface area (Å²) >= 11 is 6.28. The Morgan fingerprint density at radius 2 is 2.00 bits per heavy atom. The molecule has 1 N–H and O–H groups in total. The molecule has 2 aliphatic heterocycles. The van der Waals surface area contributed by atoms with E-state index in [0.717, 1.165) is 73.2 Å². The third-order valence-corrected chi connectivity index (χ3v) is 5.36. The van der Waals surface area contributed by atoms with Crippen molar-refractivity contribution in [3.63, 3.8) is 0 Å². The molecule has 0 spiro atoms. The van der Waals surface area contributed by atoms with Crippen molar-refractivity contribution in [1.82, 2.24) is 19.6 Å². The second kappa shape index (κ2) is 7.03. The molecule has 1 saturated heterocycles. The molecule has 1 aromatic carbocycles. The lowest BCUT2D eigenvalue weighted by molar-refractivity contribution is 0.174. The molecule has 0 aliphatic carbocycles. The van der Waals surface area contributed by atoms with E-state index in [1.165, 1.54) is 0 Å². The van der Waals surface area contributed by atoms with Gasteiger partial charge < -0.3 is 19.2 Å². The zero-order valence-corrected chi connectivity index (χ0v) is 15.7. The van der Waals surface area contributed by atoms with Crippen molar-refractivity contribution < 1.29 is 9.47 Å². The summed E-state index contributed by atoms with van der Waals surface area (Å²) in [7, 11) is 0. The number of aromatic nitrogens is 2. The third kappa shape index (κ3) is 3.25. The van der Waals surface area contributed by atoms with Gasteiger partial charge in [0.25, 0.3) is 0 Å². The fourth-order valence-corrected chi connectivity index (χ4v) is 3.93. The lowest BCUT2D eigenvalue weighted by Crippen LogP contribution is -2.28. The number of fused-ring (bicyclic) bond motifs is 2. The predicted octanol–water partition coefficient (Wildman–Crippen LogP) is 3.18. The van der Waals surface area contributed by atoms with E-state index >= 15 is 0 Å². The molecule has 2 aliphatic rings. The van der Waals surface area contributed by atoms with E-state index in [2.05, 4.69) is 14.6 Å². The van der Waals surface area contributed by atoms with Gasteiger partial charge in [0.15, 0.2) is 11.5 Å². The second-order valence-electron chi connectivity index (χ2n) is 6.93. The lowest BCUT2D eigenvalue weighted by atomic mass is 10.1. The molecule has 0 unspecified atom stereocenters. The molecule has 0 bridgehead atoms. The number of benzene rings is 1. The average molecular weight is 385 g/mol. The third-order valence-electron chi connectivity index (χ3n) is 5.13. The van der Waals surface area contributed by atoms with Gasteiger partial charge in [0, 0.05) is 31.4 Å². The van der Waals surface area contributed by atoms with E-state index in [9.17, 15) is 0 Å². The Bertz CT molecular complexity index is 980. The maximum Gasteiger partial charge on any atom is 0.231 e. The maximum atomic E-state index is 6.28. The van der Waals surface area contributed by atoms with E-state index in [1.807, 2.05) is 36.5 Å². The summed E-state index contributed by atoms with van der Waals surface area (Å²) in [5, 5.41) is 4.17. The number of halogens is 1. The van der Waals surface area contributed by atoms with Gasteiger partial charge in [0.05, 0.1) is 16.4 Å². The summed E-state index contributed by atoms with van der Waals surface area (Å²) in [5.74, 6) is 1.55. The highest BCUT2D eigenvalue weighted by molar-refractivity contribution is 6.30. The molecular weight excluding hydrogens is 364 g/mol.